The summed E-state index contributed by atoms with van der Waals surface area (Å²) < 4.78 is 14.3. The fourth-order valence-electron chi connectivity index (χ4n) is 2.85. The van der Waals surface area contributed by atoms with E-state index in [9.17, 15) is 4.39 Å². The summed E-state index contributed by atoms with van der Waals surface area (Å²) in [6.45, 7) is 10.2. The molecule has 1 fully saturated rings. The molecule has 1 aromatic rings. The number of halogens is 1. The Morgan fingerprint density at radius 3 is 2.75 bits per heavy atom. The first-order valence-corrected chi connectivity index (χ1v) is 7.76. The molecule has 0 spiro atoms. The molecular weight excluding hydrogens is 251 g/mol. The van der Waals surface area contributed by atoms with E-state index in [-0.39, 0.29) is 5.82 Å². The second kappa shape index (κ2) is 6.57. The van der Waals surface area contributed by atoms with E-state index < -0.39 is 0 Å². The summed E-state index contributed by atoms with van der Waals surface area (Å²) in [4.78, 5) is 2.21. The molecule has 0 saturated carbocycles. The van der Waals surface area contributed by atoms with Crippen molar-refractivity contribution in [2.75, 3.05) is 24.5 Å². The zero-order valence-corrected chi connectivity index (χ0v) is 13.0. The van der Waals surface area contributed by atoms with Crippen molar-refractivity contribution >= 4 is 5.69 Å². The van der Waals surface area contributed by atoms with Gasteiger partial charge in [-0.3, -0.25) is 0 Å². The van der Waals surface area contributed by atoms with Gasteiger partial charge in [-0.05, 0) is 48.9 Å². The molecular formula is C17H27FN2. The van der Waals surface area contributed by atoms with E-state index in [0.29, 0.717) is 5.41 Å². The third kappa shape index (κ3) is 3.95. The zero-order valence-electron chi connectivity index (χ0n) is 13.0. The Balaban J connectivity index is 2.08. The molecule has 0 unspecified atom stereocenters. The Bertz CT molecular complexity index is 443. The Hall–Kier alpha value is -1.09. The Morgan fingerprint density at radius 2 is 2.05 bits per heavy atom. The van der Waals surface area contributed by atoms with E-state index in [1.165, 1.54) is 6.42 Å². The van der Waals surface area contributed by atoms with Crippen LogP contribution in [0.1, 0.15) is 45.6 Å². The number of rotatable bonds is 4. The van der Waals surface area contributed by atoms with Crippen molar-refractivity contribution in [3.63, 3.8) is 0 Å². The molecule has 112 valence electrons. The van der Waals surface area contributed by atoms with E-state index in [1.54, 1.807) is 6.07 Å². The van der Waals surface area contributed by atoms with Crippen molar-refractivity contribution in [1.29, 1.82) is 0 Å². The number of nitrogens with zero attached hydrogens (tertiary/aromatic N) is 1. The van der Waals surface area contributed by atoms with Gasteiger partial charge < -0.3 is 10.2 Å². The lowest BCUT2D eigenvalue weighted by Gasteiger charge is -2.25. The molecule has 3 heteroatoms. The highest BCUT2D eigenvalue weighted by molar-refractivity contribution is 5.49. The van der Waals surface area contributed by atoms with E-state index in [2.05, 4.69) is 31.0 Å². The minimum Gasteiger partial charge on any atom is -0.369 e. The lowest BCUT2D eigenvalue weighted by atomic mass is 9.85. The monoisotopic (exact) mass is 278 g/mol. The first-order valence-electron chi connectivity index (χ1n) is 7.76. The minimum atomic E-state index is -0.0832. The Labute approximate surface area is 122 Å². The average molecular weight is 278 g/mol. The van der Waals surface area contributed by atoms with Gasteiger partial charge >= 0.3 is 0 Å². The van der Waals surface area contributed by atoms with Crippen LogP contribution in [0.4, 0.5) is 10.1 Å². The summed E-state index contributed by atoms with van der Waals surface area (Å²) in [7, 11) is 0. The molecule has 1 saturated heterocycles. The van der Waals surface area contributed by atoms with Crippen molar-refractivity contribution in [2.24, 2.45) is 5.41 Å². The van der Waals surface area contributed by atoms with Crippen LogP contribution in [0.5, 0.6) is 0 Å². The number of hydrogen-bond donors (Lipinski definition) is 1. The maximum Gasteiger partial charge on any atom is 0.146 e. The summed E-state index contributed by atoms with van der Waals surface area (Å²) >= 11 is 0. The van der Waals surface area contributed by atoms with Crippen LogP contribution in [0.2, 0.25) is 0 Å². The first-order chi connectivity index (χ1) is 9.52. The molecule has 1 aromatic carbocycles. The molecule has 2 rings (SSSR count). The highest BCUT2D eigenvalue weighted by Crippen LogP contribution is 2.32. The molecule has 0 radical (unpaired) electrons. The van der Waals surface area contributed by atoms with Crippen molar-refractivity contribution < 1.29 is 4.39 Å². The van der Waals surface area contributed by atoms with Gasteiger partial charge in [0.2, 0.25) is 0 Å². The largest absolute Gasteiger partial charge is 0.369 e. The van der Waals surface area contributed by atoms with Gasteiger partial charge in [0.1, 0.15) is 5.82 Å². The maximum absolute atomic E-state index is 14.3. The topological polar surface area (TPSA) is 15.3 Å². The van der Waals surface area contributed by atoms with Gasteiger partial charge in [-0.25, -0.2) is 4.39 Å². The summed E-state index contributed by atoms with van der Waals surface area (Å²) in [6.07, 6.45) is 3.50. The van der Waals surface area contributed by atoms with Gasteiger partial charge in [0.25, 0.3) is 0 Å². The molecule has 20 heavy (non-hydrogen) atoms. The number of benzene rings is 1. The lowest BCUT2D eigenvalue weighted by Crippen LogP contribution is -2.26. The zero-order chi connectivity index (χ0) is 14.6. The van der Waals surface area contributed by atoms with Crippen LogP contribution in [-0.4, -0.2) is 19.6 Å². The van der Waals surface area contributed by atoms with Gasteiger partial charge in [-0.15, -0.1) is 0 Å². The molecule has 0 aromatic heterocycles. The number of hydrogen-bond acceptors (Lipinski definition) is 2. The van der Waals surface area contributed by atoms with E-state index in [0.717, 1.165) is 50.3 Å². The summed E-state index contributed by atoms with van der Waals surface area (Å²) in [5, 5.41) is 3.23. The van der Waals surface area contributed by atoms with Gasteiger partial charge in [0, 0.05) is 19.6 Å². The first kappa shape index (κ1) is 15.3. The molecule has 0 bridgehead atoms. The summed E-state index contributed by atoms with van der Waals surface area (Å²) in [5.41, 5.74) is 2.17. The minimum absolute atomic E-state index is 0.0832. The fourth-order valence-corrected chi connectivity index (χ4v) is 2.85. The van der Waals surface area contributed by atoms with Gasteiger partial charge in [-0.2, -0.15) is 0 Å². The van der Waals surface area contributed by atoms with Crippen LogP contribution in [-0.2, 0) is 6.54 Å². The van der Waals surface area contributed by atoms with E-state index in [1.807, 2.05) is 12.1 Å². The summed E-state index contributed by atoms with van der Waals surface area (Å²) in [5.74, 6) is -0.0832. The number of anilines is 1. The van der Waals surface area contributed by atoms with Crippen LogP contribution in [0, 0.1) is 11.2 Å². The predicted molar refractivity (Wildman–Crippen MR) is 83.6 cm³/mol. The van der Waals surface area contributed by atoms with Crippen molar-refractivity contribution in [3.05, 3.63) is 29.6 Å². The third-order valence-electron chi connectivity index (χ3n) is 4.27. The molecule has 1 heterocycles. The highest BCUT2D eigenvalue weighted by atomic mass is 19.1. The molecule has 1 aliphatic heterocycles. The van der Waals surface area contributed by atoms with Gasteiger partial charge in [-0.1, -0.05) is 26.8 Å². The molecule has 0 amide bonds. The molecule has 2 nitrogen and oxygen atoms in total. The smallest absolute Gasteiger partial charge is 0.146 e. The van der Waals surface area contributed by atoms with Crippen molar-refractivity contribution in [3.8, 4) is 0 Å². The van der Waals surface area contributed by atoms with Crippen molar-refractivity contribution in [1.82, 2.24) is 5.32 Å². The van der Waals surface area contributed by atoms with Crippen LogP contribution < -0.4 is 10.2 Å². The predicted octanol–water partition coefficient (Wildman–Crippen LogP) is 3.95. The average Bonchev–Trinajstić information content (AvgIpc) is 2.58. The fraction of sp³-hybridized carbons (Fsp3) is 0.647. The van der Waals surface area contributed by atoms with Gasteiger partial charge in [0.05, 0.1) is 5.69 Å². The van der Waals surface area contributed by atoms with E-state index >= 15 is 0 Å². The molecule has 0 atom stereocenters. The molecule has 0 aliphatic carbocycles. The van der Waals surface area contributed by atoms with Crippen LogP contribution in [0.3, 0.4) is 0 Å². The van der Waals surface area contributed by atoms with Crippen molar-refractivity contribution in [2.45, 2.75) is 46.6 Å². The quantitative estimate of drug-likeness (QED) is 0.897. The van der Waals surface area contributed by atoms with E-state index in [4.69, 9.17) is 0 Å². The number of nitrogens with one attached hydrogen (secondary N) is 1. The Kier molecular flexibility index (Phi) is 5.03. The van der Waals surface area contributed by atoms with Crippen LogP contribution in [0.15, 0.2) is 18.2 Å². The van der Waals surface area contributed by atoms with Crippen LogP contribution in [0.25, 0.3) is 0 Å². The van der Waals surface area contributed by atoms with Crippen LogP contribution >= 0.6 is 0 Å². The lowest BCUT2D eigenvalue weighted by molar-refractivity contribution is 0.325. The third-order valence-corrected chi connectivity index (χ3v) is 4.27. The SMILES string of the molecule is CCNCc1ccc(N2CCCC(C)(C)CC2)c(F)c1. The normalized spacial score (nSPS) is 18.9. The maximum atomic E-state index is 14.3. The Morgan fingerprint density at radius 1 is 1.25 bits per heavy atom. The molecule has 1 N–H and O–H groups in total. The van der Waals surface area contributed by atoms with Gasteiger partial charge in [0.15, 0.2) is 0 Å². The second-order valence-corrected chi connectivity index (χ2v) is 6.57. The highest BCUT2D eigenvalue weighted by Gasteiger charge is 2.24. The second-order valence-electron chi connectivity index (χ2n) is 6.57. The summed E-state index contributed by atoms with van der Waals surface area (Å²) in [6, 6.07) is 5.66. The molecule has 1 aliphatic rings. The standard InChI is InChI=1S/C17H27FN2/c1-4-19-13-14-6-7-16(15(18)12-14)20-10-5-8-17(2,3)9-11-20/h6-7,12,19H,4-5,8-11,13H2,1-3H3.